The molecule has 2 heterocycles. The molecule has 14 nitrogen and oxygen atoms in total. The van der Waals surface area contributed by atoms with Crippen molar-refractivity contribution in [3.8, 4) is 0 Å². The number of fused-ring (bicyclic) bond motifs is 1. The number of carbonyl (C=O) groups excluding carboxylic acids is 3. The fourth-order valence-electron chi connectivity index (χ4n) is 9.85. The van der Waals surface area contributed by atoms with Gasteiger partial charge in [-0.05, 0) is 75.5 Å². The van der Waals surface area contributed by atoms with E-state index in [2.05, 4.69) is 6.58 Å². The molecule has 2 fully saturated rings. The lowest BCUT2D eigenvalue weighted by Gasteiger charge is -2.49. The average molecular weight is 1110 g/mol. The molecule has 82 heavy (non-hydrogen) atoms. The third kappa shape index (κ3) is 15.2. The number of hydrogen-bond acceptors (Lipinski definition) is 14. The van der Waals surface area contributed by atoms with Gasteiger partial charge >= 0.3 is 17.9 Å². The SMILES string of the molecule is C=CCOC1OC(COCc2ccccc2)C(OCc2ccccc2)C(OC2OC(COC(=O)c3ccccc3)C(OC(=O)c3ccccc3)C(OCc3ccc4ccccc4c3)C2OCc2ccccc2)C1OC(=O)c1ccccc1. The normalized spacial score (nSPS) is 22.4. The number of hydrogen-bond donors (Lipinski definition) is 0. The molecule has 0 spiro atoms. The van der Waals surface area contributed by atoms with Crippen LogP contribution in [0.3, 0.4) is 0 Å². The van der Waals surface area contributed by atoms with Crippen LogP contribution in [-0.2, 0) is 78.5 Å². The third-order valence-corrected chi connectivity index (χ3v) is 14.0. The summed E-state index contributed by atoms with van der Waals surface area (Å²) in [6, 6.07) is 68.3. The number of carbonyl (C=O) groups is 3. The molecule has 10 atom stereocenters. The lowest BCUT2D eigenvalue weighted by atomic mass is 9.95. The Kier molecular flexibility index (Phi) is 20.2. The quantitative estimate of drug-likeness (QED) is 0.0303. The van der Waals surface area contributed by atoms with Gasteiger partial charge in [-0.25, -0.2) is 14.4 Å². The van der Waals surface area contributed by atoms with Crippen LogP contribution >= 0.6 is 0 Å². The highest BCUT2D eigenvalue weighted by atomic mass is 16.8. The maximum atomic E-state index is 14.5. The van der Waals surface area contributed by atoms with Gasteiger partial charge in [0, 0.05) is 0 Å². The first kappa shape index (κ1) is 57.1. The van der Waals surface area contributed by atoms with Crippen LogP contribution in [0.15, 0.2) is 237 Å². The van der Waals surface area contributed by atoms with Gasteiger partial charge in [-0.15, -0.1) is 6.58 Å². The van der Waals surface area contributed by atoms with Gasteiger partial charge in [-0.1, -0.05) is 188 Å². The lowest BCUT2D eigenvalue weighted by Crippen LogP contribution is -2.67. The monoisotopic (exact) mass is 1100 g/mol. The molecular weight excluding hydrogens is 1040 g/mol. The summed E-state index contributed by atoms with van der Waals surface area (Å²) in [6.07, 6.45) is -11.0. The van der Waals surface area contributed by atoms with Gasteiger partial charge in [0.25, 0.3) is 0 Å². The Bertz CT molecular complexity index is 3260. The molecule has 10 rings (SSSR count). The van der Waals surface area contributed by atoms with Crippen molar-refractivity contribution in [2.75, 3.05) is 19.8 Å². The minimum atomic E-state index is -1.49. The van der Waals surface area contributed by atoms with Crippen molar-refractivity contribution in [1.82, 2.24) is 0 Å². The summed E-state index contributed by atoms with van der Waals surface area (Å²) in [4.78, 5) is 42.9. The highest BCUT2D eigenvalue weighted by Gasteiger charge is 2.56. The van der Waals surface area contributed by atoms with Crippen LogP contribution in [0.25, 0.3) is 10.8 Å². The van der Waals surface area contributed by atoms with Gasteiger partial charge in [0.05, 0.1) is 56.3 Å². The second-order valence-electron chi connectivity index (χ2n) is 19.7. The van der Waals surface area contributed by atoms with Gasteiger partial charge in [-0.2, -0.15) is 0 Å². The maximum Gasteiger partial charge on any atom is 0.338 e. The Labute approximate surface area is 477 Å². The fraction of sp³-hybridized carbons (Fsp3) is 0.250. The smallest absolute Gasteiger partial charge is 0.338 e. The van der Waals surface area contributed by atoms with Crippen molar-refractivity contribution in [2.24, 2.45) is 0 Å². The zero-order chi connectivity index (χ0) is 56.3. The zero-order valence-corrected chi connectivity index (χ0v) is 45.1. The summed E-state index contributed by atoms with van der Waals surface area (Å²) in [5.74, 6) is -2.05. The predicted molar refractivity (Wildman–Crippen MR) is 305 cm³/mol. The van der Waals surface area contributed by atoms with Gasteiger partial charge in [0.2, 0.25) is 0 Å². The first-order chi connectivity index (χ1) is 40.4. The molecule has 0 bridgehead atoms. The van der Waals surface area contributed by atoms with Gasteiger partial charge in [0.15, 0.2) is 24.8 Å². The molecular formula is C68H64O14. The van der Waals surface area contributed by atoms with E-state index in [4.69, 9.17) is 52.1 Å². The molecule has 0 aliphatic carbocycles. The van der Waals surface area contributed by atoms with E-state index in [-0.39, 0.29) is 56.3 Å². The summed E-state index contributed by atoms with van der Waals surface area (Å²) in [5, 5.41) is 2.02. The van der Waals surface area contributed by atoms with Crippen LogP contribution in [0, 0.1) is 0 Å². The lowest BCUT2D eigenvalue weighted by molar-refractivity contribution is -0.369. The van der Waals surface area contributed by atoms with Crippen LogP contribution in [0.4, 0.5) is 0 Å². The molecule has 0 saturated carbocycles. The first-order valence-corrected chi connectivity index (χ1v) is 27.3. The van der Waals surface area contributed by atoms with E-state index >= 15 is 0 Å². The molecule has 0 radical (unpaired) electrons. The van der Waals surface area contributed by atoms with Gasteiger partial charge < -0.3 is 52.1 Å². The van der Waals surface area contributed by atoms with Crippen LogP contribution in [0.1, 0.15) is 53.3 Å². The highest BCUT2D eigenvalue weighted by Crippen LogP contribution is 2.37. The Morgan fingerprint density at radius 2 is 0.841 bits per heavy atom. The van der Waals surface area contributed by atoms with Crippen molar-refractivity contribution in [3.05, 3.63) is 276 Å². The van der Waals surface area contributed by atoms with E-state index in [0.717, 1.165) is 33.0 Å². The van der Waals surface area contributed by atoms with E-state index in [1.54, 1.807) is 97.1 Å². The van der Waals surface area contributed by atoms with Gasteiger partial charge in [0.1, 0.15) is 43.2 Å². The number of esters is 3. The Morgan fingerprint density at radius 1 is 0.390 bits per heavy atom. The molecule has 8 aromatic rings. The molecule has 8 aromatic carbocycles. The van der Waals surface area contributed by atoms with E-state index in [1.807, 2.05) is 133 Å². The Hall–Kier alpha value is -8.15. The van der Waals surface area contributed by atoms with Crippen molar-refractivity contribution in [3.63, 3.8) is 0 Å². The number of ether oxygens (including phenoxy) is 11. The molecule has 2 aliphatic heterocycles. The average Bonchev–Trinajstić information content (AvgIpc) is 3.61. The summed E-state index contributed by atoms with van der Waals surface area (Å²) in [5.41, 5.74) is 4.14. The second kappa shape index (κ2) is 29.0. The summed E-state index contributed by atoms with van der Waals surface area (Å²) < 4.78 is 74.3. The molecule has 10 unspecified atom stereocenters. The van der Waals surface area contributed by atoms with Gasteiger partial charge in [-0.3, -0.25) is 0 Å². The Balaban J connectivity index is 1.10. The van der Waals surface area contributed by atoms with Crippen LogP contribution < -0.4 is 0 Å². The first-order valence-electron chi connectivity index (χ1n) is 27.3. The van der Waals surface area contributed by atoms with Crippen LogP contribution in [-0.4, -0.2) is 99.1 Å². The highest BCUT2D eigenvalue weighted by molar-refractivity contribution is 5.90. The second-order valence-corrected chi connectivity index (χ2v) is 19.7. The number of rotatable bonds is 25. The third-order valence-electron chi connectivity index (χ3n) is 14.0. The standard InChI is InChI=1S/C68H64O14/c1-2-39-73-67-63(81-66(71)54-34-19-8-20-35-54)61(58(74-42-48-25-11-4-12-26-48)56(78-67)45-72-41-47-23-9-3-10-24-47)82-68-62(76-43-49-27-13-5-14-28-49)60(75-44-50-37-38-51-29-21-22-36-55(51)40-50)59(80-65(70)53-32-17-7-18-33-53)57(79-68)46-77-64(69)52-30-15-6-16-31-52/h2-38,40,56-63,67-68H,1,39,41-46H2. The Morgan fingerprint density at radius 3 is 1.41 bits per heavy atom. The van der Waals surface area contributed by atoms with Crippen LogP contribution in [0.2, 0.25) is 0 Å². The van der Waals surface area contributed by atoms with Crippen LogP contribution in [0.5, 0.6) is 0 Å². The largest absolute Gasteiger partial charge is 0.459 e. The molecule has 2 saturated heterocycles. The summed E-state index contributed by atoms with van der Waals surface area (Å²) in [7, 11) is 0. The summed E-state index contributed by atoms with van der Waals surface area (Å²) in [6.45, 7) is 3.71. The maximum absolute atomic E-state index is 14.5. The van der Waals surface area contributed by atoms with Crippen molar-refractivity contribution >= 4 is 28.7 Å². The summed E-state index contributed by atoms with van der Waals surface area (Å²) >= 11 is 0. The molecule has 2 aliphatic rings. The van der Waals surface area contributed by atoms with E-state index < -0.39 is 85.9 Å². The zero-order valence-electron chi connectivity index (χ0n) is 45.1. The van der Waals surface area contributed by atoms with Crippen molar-refractivity contribution in [1.29, 1.82) is 0 Å². The van der Waals surface area contributed by atoms with E-state index in [0.29, 0.717) is 0 Å². The minimum absolute atomic E-state index is 0.000975. The molecule has 0 aromatic heterocycles. The van der Waals surface area contributed by atoms with E-state index in [1.165, 1.54) is 0 Å². The topological polar surface area (TPSA) is 153 Å². The van der Waals surface area contributed by atoms with Crippen molar-refractivity contribution < 1.29 is 66.5 Å². The molecule has 420 valence electrons. The molecule has 0 amide bonds. The minimum Gasteiger partial charge on any atom is -0.459 e. The number of benzene rings is 8. The molecule has 0 N–H and O–H groups in total. The predicted octanol–water partition coefficient (Wildman–Crippen LogP) is 11.5. The van der Waals surface area contributed by atoms with Crippen molar-refractivity contribution in [2.45, 2.75) is 87.8 Å². The molecule has 14 heteroatoms. The van der Waals surface area contributed by atoms with E-state index in [9.17, 15) is 14.4 Å². The fourth-order valence-corrected chi connectivity index (χ4v) is 9.85.